The third-order valence-electron chi connectivity index (χ3n) is 5.86. The van der Waals surface area contributed by atoms with Crippen LogP contribution in [0.15, 0.2) is 42.5 Å². The summed E-state index contributed by atoms with van der Waals surface area (Å²) in [6.07, 6.45) is 4.64. The van der Waals surface area contributed by atoms with E-state index in [0.717, 1.165) is 30.9 Å². The van der Waals surface area contributed by atoms with E-state index in [1.54, 1.807) is 0 Å². The molecule has 2 aromatic carbocycles. The highest BCUT2D eigenvalue weighted by atomic mass is 16.1. The normalized spacial score (nSPS) is 17.5. The minimum Gasteiger partial charge on any atom is -0.348 e. The molecule has 1 fully saturated rings. The lowest BCUT2D eigenvalue weighted by Gasteiger charge is -2.30. The van der Waals surface area contributed by atoms with Gasteiger partial charge in [-0.2, -0.15) is 0 Å². The predicted molar refractivity (Wildman–Crippen MR) is 116 cm³/mol. The van der Waals surface area contributed by atoms with E-state index >= 15 is 0 Å². The smallest absolute Gasteiger partial charge is 0.251 e. The van der Waals surface area contributed by atoms with Crippen LogP contribution in [0.1, 0.15) is 66.2 Å². The second-order valence-electron chi connectivity index (χ2n) is 8.17. The molecular weight excluding hydrogens is 344 g/mol. The number of amides is 1. The second-order valence-corrected chi connectivity index (χ2v) is 8.17. The minimum atomic E-state index is 0.00194. The van der Waals surface area contributed by atoms with Gasteiger partial charge in [-0.05, 0) is 72.5 Å². The molecule has 0 unspecified atom stereocenters. The van der Waals surface area contributed by atoms with Crippen LogP contribution in [0.4, 0.5) is 0 Å². The molecule has 0 saturated carbocycles. The number of nitrogens with zero attached hydrogens (tertiary/aromatic N) is 1. The van der Waals surface area contributed by atoms with E-state index in [0.29, 0.717) is 6.54 Å². The molecule has 0 radical (unpaired) electrons. The van der Waals surface area contributed by atoms with E-state index in [9.17, 15) is 4.79 Å². The Labute approximate surface area is 170 Å². The number of aryl methyl sites for hydroxylation is 2. The summed E-state index contributed by atoms with van der Waals surface area (Å²) >= 11 is 0. The minimum absolute atomic E-state index is 0.00194. The molecule has 1 heterocycles. The first-order chi connectivity index (χ1) is 13.6. The first-order valence-corrected chi connectivity index (χ1v) is 10.8. The SMILES string of the molecule is CCc1ccc(CC)c(CNC(=O)c2ccc(CN3CCC[C@@H](C)C3)cc2)c1. The molecule has 1 aliphatic heterocycles. The molecule has 150 valence electrons. The third-order valence-corrected chi connectivity index (χ3v) is 5.86. The monoisotopic (exact) mass is 378 g/mol. The fourth-order valence-electron chi connectivity index (χ4n) is 4.14. The molecule has 1 N–H and O–H groups in total. The van der Waals surface area contributed by atoms with E-state index in [1.807, 2.05) is 12.1 Å². The van der Waals surface area contributed by atoms with E-state index < -0.39 is 0 Å². The number of carbonyl (C=O) groups excluding carboxylic acids is 1. The van der Waals surface area contributed by atoms with Crippen molar-refractivity contribution in [1.29, 1.82) is 0 Å². The average molecular weight is 379 g/mol. The summed E-state index contributed by atoms with van der Waals surface area (Å²) in [5.74, 6) is 0.792. The van der Waals surface area contributed by atoms with Crippen LogP contribution in [0.5, 0.6) is 0 Å². The molecule has 2 aromatic rings. The largest absolute Gasteiger partial charge is 0.348 e. The zero-order valence-corrected chi connectivity index (χ0v) is 17.6. The lowest BCUT2D eigenvalue weighted by molar-refractivity contribution is 0.0951. The van der Waals surface area contributed by atoms with Crippen molar-refractivity contribution in [3.8, 4) is 0 Å². The number of hydrogen-bond donors (Lipinski definition) is 1. The molecule has 0 bridgehead atoms. The molecule has 0 aliphatic carbocycles. The van der Waals surface area contributed by atoms with Gasteiger partial charge in [-0.1, -0.05) is 51.1 Å². The summed E-state index contributed by atoms with van der Waals surface area (Å²) in [7, 11) is 0. The van der Waals surface area contributed by atoms with Gasteiger partial charge in [0.2, 0.25) is 0 Å². The van der Waals surface area contributed by atoms with Crippen molar-refractivity contribution in [3.63, 3.8) is 0 Å². The van der Waals surface area contributed by atoms with Crippen molar-refractivity contribution in [2.45, 2.75) is 59.5 Å². The van der Waals surface area contributed by atoms with E-state index in [4.69, 9.17) is 0 Å². The maximum atomic E-state index is 12.6. The third kappa shape index (κ3) is 5.45. The van der Waals surface area contributed by atoms with Crippen LogP contribution < -0.4 is 5.32 Å². The van der Waals surface area contributed by atoms with Gasteiger partial charge in [0, 0.05) is 25.2 Å². The molecule has 3 nitrogen and oxygen atoms in total. The quantitative estimate of drug-likeness (QED) is 0.737. The predicted octanol–water partition coefficient (Wildman–Crippen LogP) is 4.97. The van der Waals surface area contributed by atoms with Crippen LogP contribution in [0, 0.1) is 5.92 Å². The Hall–Kier alpha value is -2.13. The Balaban J connectivity index is 1.57. The number of nitrogens with one attached hydrogen (secondary N) is 1. The number of rotatable bonds is 7. The highest BCUT2D eigenvalue weighted by Crippen LogP contribution is 2.18. The lowest BCUT2D eigenvalue weighted by Crippen LogP contribution is -2.33. The summed E-state index contributed by atoms with van der Waals surface area (Å²) in [6, 6.07) is 14.7. The van der Waals surface area contributed by atoms with Crippen molar-refractivity contribution < 1.29 is 4.79 Å². The van der Waals surface area contributed by atoms with Gasteiger partial charge >= 0.3 is 0 Å². The van der Waals surface area contributed by atoms with E-state index in [1.165, 1.54) is 48.2 Å². The van der Waals surface area contributed by atoms with Gasteiger partial charge in [-0.25, -0.2) is 0 Å². The molecule has 1 saturated heterocycles. The maximum absolute atomic E-state index is 12.6. The summed E-state index contributed by atoms with van der Waals surface area (Å²) in [6.45, 7) is 10.6. The van der Waals surface area contributed by atoms with Crippen LogP contribution in [-0.2, 0) is 25.9 Å². The van der Waals surface area contributed by atoms with Crippen LogP contribution in [0.3, 0.4) is 0 Å². The van der Waals surface area contributed by atoms with Crippen molar-refractivity contribution in [3.05, 3.63) is 70.3 Å². The molecule has 0 aromatic heterocycles. The number of likely N-dealkylation sites (tertiary alicyclic amines) is 1. The fourth-order valence-corrected chi connectivity index (χ4v) is 4.14. The molecule has 3 rings (SSSR count). The highest BCUT2D eigenvalue weighted by molar-refractivity contribution is 5.94. The van der Waals surface area contributed by atoms with Crippen LogP contribution in [-0.4, -0.2) is 23.9 Å². The Morgan fingerprint density at radius 1 is 1.04 bits per heavy atom. The second kappa shape index (κ2) is 9.88. The number of benzene rings is 2. The number of piperidine rings is 1. The zero-order valence-electron chi connectivity index (χ0n) is 17.6. The summed E-state index contributed by atoms with van der Waals surface area (Å²) in [4.78, 5) is 15.1. The summed E-state index contributed by atoms with van der Waals surface area (Å²) in [5, 5.41) is 3.10. The van der Waals surface area contributed by atoms with Gasteiger partial charge in [0.15, 0.2) is 0 Å². The summed E-state index contributed by atoms with van der Waals surface area (Å²) in [5.41, 5.74) is 5.88. The van der Waals surface area contributed by atoms with Crippen molar-refractivity contribution >= 4 is 5.91 Å². The van der Waals surface area contributed by atoms with Crippen molar-refractivity contribution in [2.24, 2.45) is 5.92 Å². The molecule has 1 aliphatic rings. The maximum Gasteiger partial charge on any atom is 0.251 e. The summed E-state index contributed by atoms with van der Waals surface area (Å²) < 4.78 is 0. The first-order valence-electron chi connectivity index (χ1n) is 10.8. The van der Waals surface area contributed by atoms with Gasteiger partial charge < -0.3 is 5.32 Å². The molecule has 1 atom stereocenters. The van der Waals surface area contributed by atoms with Crippen molar-refractivity contribution in [2.75, 3.05) is 13.1 Å². The molecule has 28 heavy (non-hydrogen) atoms. The fraction of sp³-hybridized carbons (Fsp3) is 0.480. The van der Waals surface area contributed by atoms with Gasteiger partial charge in [0.1, 0.15) is 0 Å². The Kier molecular flexibility index (Phi) is 7.27. The topological polar surface area (TPSA) is 32.3 Å². The van der Waals surface area contributed by atoms with E-state index in [2.05, 4.69) is 61.3 Å². The molecule has 3 heteroatoms. The van der Waals surface area contributed by atoms with Gasteiger partial charge in [-0.3, -0.25) is 9.69 Å². The standard InChI is InChI=1S/C25H34N2O/c1-4-20-8-11-22(5-2)24(15-20)16-26-25(28)23-12-9-21(10-13-23)18-27-14-6-7-19(3)17-27/h8-13,15,19H,4-7,14,16-18H2,1-3H3,(H,26,28)/t19-/m1/s1. The van der Waals surface area contributed by atoms with E-state index in [-0.39, 0.29) is 5.91 Å². The molecule has 0 spiro atoms. The van der Waals surface area contributed by atoms with Crippen LogP contribution >= 0.6 is 0 Å². The van der Waals surface area contributed by atoms with Crippen LogP contribution in [0.25, 0.3) is 0 Å². The molecular formula is C25H34N2O. The van der Waals surface area contributed by atoms with Crippen molar-refractivity contribution in [1.82, 2.24) is 10.2 Å². The molecule has 1 amide bonds. The average Bonchev–Trinajstić information content (AvgIpc) is 2.72. The van der Waals surface area contributed by atoms with Gasteiger partial charge in [0.05, 0.1) is 0 Å². The highest BCUT2D eigenvalue weighted by Gasteiger charge is 2.16. The Bertz CT molecular complexity index is 782. The Morgan fingerprint density at radius 2 is 1.79 bits per heavy atom. The van der Waals surface area contributed by atoms with Gasteiger partial charge in [0.25, 0.3) is 5.91 Å². The lowest BCUT2D eigenvalue weighted by atomic mass is 9.99. The van der Waals surface area contributed by atoms with Crippen LogP contribution in [0.2, 0.25) is 0 Å². The van der Waals surface area contributed by atoms with Gasteiger partial charge in [-0.15, -0.1) is 0 Å². The number of hydrogen-bond acceptors (Lipinski definition) is 2. The number of carbonyl (C=O) groups is 1. The zero-order chi connectivity index (χ0) is 19.9. The Morgan fingerprint density at radius 3 is 2.46 bits per heavy atom. The first kappa shape index (κ1) is 20.6.